The molecule has 1 aromatic heterocycles. The van der Waals surface area contributed by atoms with Gasteiger partial charge in [-0.25, -0.2) is 4.98 Å². The van der Waals surface area contributed by atoms with Gasteiger partial charge in [0.2, 0.25) is 0 Å². The smallest absolute Gasteiger partial charge is 0.142 e. The number of anilines is 1. The second-order valence-corrected chi connectivity index (χ2v) is 5.17. The van der Waals surface area contributed by atoms with Gasteiger partial charge in [-0.3, -0.25) is 0 Å². The van der Waals surface area contributed by atoms with Crippen LogP contribution in [0.4, 0.5) is 5.82 Å². The molecule has 1 aliphatic rings. The van der Waals surface area contributed by atoms with Crippen LogP contribution in [0.2, 0.25) is 0 Å². The van der Waals surface area contributed by atoms with E-state index in [2.05, 4.69) is 38.8 Å². The van der Waals surface area contributed by atoms with Gasteiger partial charge in [0.1, 0.15) is 11.9 Å². The molecule has 1 aromatic rings. The van der Waals surface area contributed by atoms with Crippen molar-refractivity contribution in [1.29, 1.82) is 5.26 Å². The highest BCUT2D eigenvalue weighted by atomic mass is 79.9. The van der Waals surface area contributed by atoms with Crippen LogP contribution in [0.25, 0.3) is 0 Å². The molecule has 1 aliphatic heterocycles. The van der Waals surface area contributed by atoms with Crippen molar-refractivity contribution in [3.8, 4) is 6.07 Å². The maximum Gasteiger partial charge on any atom is 0.142 e. The van der Waals surface area contributed by atoms with E-state index >= 15 is 0 Å². The number of hydrogen-bond acceptors (Lipinski definition) is 3. The fourth-order valence-electron chi connectivity index (χ4n) is 1.94. The van der Waals surface area contributed by atoms with Crippen LogP contribution in [-0.2, 0) is 0 Å². The summed E-state index contributed by atoms with van der Waals surface area (Å²) >= 11 is 3.48. The van der Waals surface area contributed by atoms with Crippen molar-refractivity contribution in [3.63, 3.8) is 0 Å². The summed E-state index contributed by atoms with van der Waals surface area (Å²) in [5.41, 5.74) is 0.598. The van der Waals surface area contributed by atoms with Crippen LogP contribution in [0.3, 0.4) is 0 Å². The summed E-state index contributed by atoms with van der Waals surface area (Å²) in [7, 11) is 0. The van der Waals surface area contributed by atoms with Crippen LogP contribution in [0.15, 0.2) is 16.7 Å². The van der Waals surface area contributed by atoms with Gasteiger partial charge in [-0.2, -0.15) is 5.26 Å². The Balaban J connectivity index is 2.18. The van der Waals surface area contributed by atoms with E-state index in [1.807, 2.05) is 6.07 Å². The average molecular weight is 280 g/mol. The van der Waals surface area contributed by atoms with Gasteiger partial charge in [-0.05, 0) is 40.8 Å². The Bertz CT molecular complexity index is 417. The first-order valence-corrected chi connectivity index (χ1v) is 6.30. The molecule has 2 rings (SSSR count). The molecule has 0 bridgehead atoms. The first kappa shape index (κ1) is 11.4. The molecule has 3 nitrogen and oxygen atoms in total. The third kappa shape index (κ3) is 2.35. The standard InChI is InChI=1S/C12H14BrN3/c1-9-2-4-16(5-3-9)12-11(13)6-10(7-14)8-15-12/h6,8-9H,2-5H2,1H3. The second kappa shape index (κ2) is 4.84. The van der Waals surface area contributed by atoms with Gasteiger partial charge in [-0.15, -0.1) is 0 Å². The van der Waals surface area contributed by atoms with Gasteiger partial charge in [-0.1, -0.05) is 6.92 Å². The molecule has 0 unspecified atom stereocenters. The average Bonchev–Trinajstić information content (AvgIpc) is 2.30. The van der Waals surface area contributed by atoms with Gasteiger partial charge in [0.15, 0.2) is 0 Å². The number of hydrogen-bond donors (Lipinski definition) is 0. The quantitative estimate of drug-likeness (QED) is 0.794. The molecule has 0 spiro atoms. The highest BCUT2D eigenvalue weighted by Crippen LogP contribution is 2.28. The van der Waals surface area contributed by atoms with Crippen LogP contribution in [-0.4, -0.2) is 18.1 Å². The van der Waals surface area contributed by atoms with Crippen molar-refractivity contribution in [2.24, 2.45) is 5.92 Å². The predicted octanol–water partition coefficient (Wildman–Crippen LogP) is 2.95. The van der Waals surface area contributed by atoms with Gasteiger partial charge < -0.3 is 4.90 Å². The third-order valence-corrected chi connectivity index (χ3v) is 3.62. The lowest BCUT2D eigenvalue weighted by molar-refractivity contribution is 0.436. The Morgan fingerprint density at radius 1 is 1.50 bits per heavy atom. The first-order chi connectivity index (χ1) is 7.70. The van der Waals surface area contributed by atoms with Crippen molar-refractivity contribution in [1.82, 2.24) is 4.98 Å². The molecule has 84 valence electrons. The van der Waals surface area contributed by atoms with Gasteiger partial charge in [0.05, 0.1) is 10.0 Å². The van der Waals surface area contributed by atoms with Crippen molar-refractivity contribution in [2.75, 3.05) is 18.0 Å². The van der Waals surface area contributed by atoms with Crippen LogP contribution in [0.5, 0.6) is 0 Å². The van der Waals surface area contributed by atoms with E-state index in [0.29, 0.717) is 5.56 Å². The highest BCUT2D eigenvalue weighted by Gasteiger charge is 2.18. The molecular formula is C12H14BrN3. The normalized spacial score (nSPS) is 17.2. The Morgan fingerprint density at radius 2 is 2.19 bits per heavy atom. The number of rotatable bonds is 1. The van der Waals surface area contributed by atoms with E-state index in [-0.39, 0.29) is 0 Å². The summed E-state index contributed by atoms with van der Waals surface area (Å²) < 4.78 is 0.918. The monoisotopic (exact) mass is 279 g/mol. The zero-order chi connectivity index (χ0) is 11.5. The predicted molar refractivity (Wildman–Crippen MR) is 67.3 cm³/mol. The summed E-state index contributed by atoms with van der Waals surface area (Å²) in [6, 6.07) is 3.93. The van der Waals surface area contributed by atoms with E-state index in [1.54, 1.807) is 6.20 Å². The molecular weight excluding hydrogens is 266 g/mol. The van der Waals surface area contributed by atoms with E-state index in [1.165, 1.54) is 12.8 Å². The van der Waals surface area contributed by atoms with Crippen molar-refractivity contribution < 1.29 is 0 Å². The molecule has 1 saturated heterocycles. The number of aromatic nitrogens is 1. The zero-order valence-electron chi connectivity index (χ0n) is 9.28. The maximum atomic E-state index is 8.77. The largest absolute Gasteiger partial charge is 0.356 e. The lowest BCUT2D eigenvalue weighted by Gasteiger charge is -2.31. The summed E-state index contributed by atoms with van der Waals surface area (Å²) in [6.45, 7) is 4.40. The second-order valence-electron chi connectivity index (χ2n) is 4.31. The molecule has 0 radical (unpaired) electrons. The van der Waals surface area contributed by atoms with Crippen LogP contribution < -0.4 is 4.90 Å². The van der Waals surface area contributed by atoms with E-state index < -0.39 is 0 Å². The van der Waals surface area contributed by atoms with Gasteiger partial charge >= 0.3 is 0 Å². The number of piperidine rings is 1. The number of nitrogens with zero attached hydrogens (tertiary/aromatic N) is 3. The molecule has 0 aromatic carbocycles. The molecule has 4 heteroatoms. The summed E-state index contributed by atoms with van der Waals surface area (Å²) in [5.74, 6) is 1.78. The SMILES string of the molecule is CC1CCN(c2ncc(C#N)cc2Br)CC1. The first-order valence-electron chi connectivity index (χ1n) is 5.51. The Hall–Kier alpha value is -1.08. The van der Waals surface area contributed by atoms with Crippen LogP contribution in [0, 0.1) is 17.2 Å². The van der Waals surface area contributed by atoms with Crippen molar-refractivity contribution in [3.05, 3.63) is 22.3 Å². The summed E-state index contributed by atoms with van der Waals surface area (Å²) in [6.07, 6.45) is 4.07. The van der Waals surface area contributed by atoms with Crippen molar-refractivity contribution >= 4 is 21.7 Å². The molecule has 0 saturated carbocycles. The fraction of sp³-hybridized carbons (Fsp3) is 0.500. The lowest BCUT2D eigenvalue weighted by atomic mass is 9.99. The Morgan fingerprint density at radius 3 is 2.75 bits per heavy atom. The minimum atomic E-state index is 0.598. The minimum absolute atomic E-state index is 0.598. The fourth-order valence-corrected chi connectivity index (χ4v) is 2.54. The van der Waals surface area contributed by atoms with E-state index in [9.17, 15) is 0 Å². The zero-order valence-corrected chi connectivity index (χ0v) is 10.9. The summed E-state index contributed by atoms with van der Waals surface area (Å²) in [4.78, 5) is 6.64. The lowest BCUT2D eigenvalue weighted by Crippen LogP contribution is -2.33. The molecule has 16 heavy (non-hydrogen) atoms. The molecule has 1 fully saturated rings. The molecule has 0 N–H and O–H groups in total. The Kier molecular flexibility index (Phi) is 3.45. The van der Waals surface area contributed by atoms with Crippen LogP contribution in [0.1, 0.15) is 25.3 Å². The van der Waals surface area contributed by atoms with E-state index in [4.69, 9.17) is 5.26 Å². The molecule has 0 atom stereocenters. The maximum absolute atomic E-state index is 8.77. The van der Waals surface area contributed by atoms with Crippen LogP contribution >= 0.6 is 15.9 Å². The molecule has 0 aliphatic carbocycles. The highest BCUT2D eigenvalue weighted by molar-refractivity contribution is 9.10. The third-order valence-electron chi connectivity index (χ3n) is 3.03. The van der Waals surface area contributed by atoms with Gasteiger partial charge in [0, 0.05) is 19.3 Å². The summed E-state index contributed by atoms with van der Waals surface area (Å²) in [5, 5.41) is 8.77. The molecule has 0 amide bonds. The number of nitriles is 1. The topological polar surface area (TPSA) is 39.9 Å². The number of pyridine rings is 1. The number of halogens is 1. The minimum Gasteiger partial charge on any atom is -0.356 e. The van der Waals surface area contributed by atoms with Gasteiger partial charge in [0.25, 0.3) is 0 Å². The van der Waals surface area contributed by atoms with Crippen molar-refractivity contribution in [2.45, 2.75) is 19.8 Å². The Labute approximate surface area is 104 Å². The van der Waals surface area contributed by atoms with E-state index in [0.717, 1.165) is 29.3 Å². The molecule has 2 heterocycles.